The zero-order valence-corrected chi connectivity index (χ0v) is 9.65. The number of nitrogens with zero attached hydrogens (tertiary/aromatic N) is 1. The molecule has 0 aromatic heterocycles. The van der Waals surface area contributed by atoms with Crippen molar-refractivity contribution in [1.82, 2.24) is 4.90 Å². The molecule has 1 aliphatic heterocycles. The molecule has 16 heavy (non-hydrogen) atoms. The van der Waals surface area contributed by atoms with Crippen molar-refractivity contribution in [2.24, 2.45) is 0 Å². The smallest absolute Gasteiger partial charge is 0.0899 e. The molecule has 86 valence electrons. The molecule has 3 rings (SSSR count). The van der Waals surface area contributed by atoms with Gasteiger partial charge in [-0.15, -0.1) is 0 Å². The topological polar surface area (TPSA) is 23.5 Å². The van der Waals surface area contributed by atoms with Crippen LogP contribution in [-0.4, -0.2) is 23.1 Å². The number of hydrogen-bond donors (Lipinski definition) is 1. The molecule has 2 aliphatic rings. The maximum atomic E-state index is 10.1. The third-order valence-electron chi connectivity index (χ3n) is 3.79. The summed E-state index contributed by atoms with van der Waals surface area (Å²) >= 11 is 0. The molecule has 1 saturated carbocycles. The normalized spacial score (nSPS) is 23.6. The van der Waals surface area contributed by atoms with Crippen LogP contribution in [0.2, 0.25) is 0 Å². The summed E-state index contributed by atoms with van der Waals surface area (Å²) in [6.45, 7) is 3.51. The largest absolute Gasteiger partial charge is 0.385 e. The van der Waals surface area contributed by atoms with Crippen LogP contribution in [0.25, 0.3) is 0 Å². The summed E-state index contributed by atoms with van der Waals surface area (Å²) in [6.07, 6.45) is 4.54. The van der Waals surface area contributed by atoms with Crippen LogP contribution in [0.4, 0.5) is 0 Å². The molecule has 2 fully saturated rings. The van der Waals surface area contributed by atoms with E-state index in [1.54, 1.807) is 0 Å². The minimum atomic E-state index is -0.485. The van der Waals surface area contributed by atoms with E-state index < -0.39 is 5.60 Å². The molecule has 1 aliphatic carbocycles. The molecule has 0 bridgehead atoms. The number of aliphatic hydroxyl groups is 1. The second-order valence-electron chi connectivity index (χ2n) is 5.22. The Morgan fingerprint density at radius 1 is 1.19 bits per heavy atom. The van der Waals surface area contributed by atoms with Crippen molar-refractivity contribution in [3.8, 4) is 0 Å². The van der Waals surface area contributed by atoms with Crippen molar-refractivity contribution in [2.45, 2.75) is 37.8 Å². The molecular weight excluding hydrogens is 198 g/mol. The highest BCUT2D eigenvalue weighted by atomic mass is 16.3. The lowest BCUT2D eigenvalue weighted by Crippen LogP contribution is -2.18. The Labute approximate surface area is 96.9 Å². The van der Waals surface area contributed by atoms with Gasteiger partial charge in [0.2, 0.25) is 0 Å². The highest BCUT2D eigenvalue weighted by Crippen LogP contribution is 2.45. The van der Waals surface area contributed by atoms with Gasteiger partial charge in [-0.1, -0.05) is 24.3 Å². The van der Waals surface area contributed by atoms with Crippen molar-refractivity contribution >= 4 is 0 Å². The van der Waals surface area contributed by atoms with E-state index >= 15 is 0 Å². The first kappa shape index (κ1) is 10.3. The van der Waals surface area contributed by atoms with E-state index in [-0.39, 0.29) is 0 Å². The predicted molar refractivity (Wildman–Crippen MR) is 64.1 cm³/mol. The SMILES string of the molecule is OC1(c2cccc(CN3CCCC3)c2)CC1. The lowest BCUT2D eigenvalue weighted by atomic mass is 10.0. The summed E-state index contributed by atoms with van der Waals surface area (Å²) in [5, 5.41) is 10.1. The van der Waals surface area contributed by atoms with Crippen molar-refractivity contribution in [2.75, 3.05) is 13.1 Å². The Bertz CT molecular complexity index is 378. The molecule has 1 heterocycles. The minimum Gasteiger partial charge on any atom is -0.385 e. The van der Waals surface area contributed by atoms with Gasteiger partial charge in [0.05, 0.1) is 5.60 Å². The van der Waals surface area contributed by atoms with Crippen molar-refractivity contribution in [3.05, 3.63) is 35.4 Å². The number of likely N-dealkylation sites (tertiary alicyclic amines) is 1. The lowest BCUT2D eigenvalue weighted by molar-refractivity contribution is 0.151. The summed E-state index contributed by atoms with van der Waals surface area (Å²) in [5.74, 6) is 0. The van der Waals surface area contributed by atoms with Crippen LogP contribution in [0.5, 0.6) is 0 Å². The Kier molecular flexibility index (Phi) is 2.49. The molecule has 1 aromatic rings. The molecule has 0 amide bonds. The van der Waals surface area contributed by atoms with Gasteiger partial charge in [-0.2, -0.15) is 0 Å². The van der Waals surface area contributed by atoms with Crippen molar-refractivity contribution < 1.29 is 5.11 Å². The van der Waals surface area contributed by atoms with Crippen LogP contribution < -0.4 is 0 Å². The lowest BCUT2D eigenvalue weighted by Gasteiger charge is -2.16. The Morgan fingerprint density at radius 2 is 1.94 bits per heavy atom. The van der Waals surface area contributed by atoms with Gasteiger partial charge < -0.3 is 5.11 Å². The summed E-state index contributed by atoms with van der Waals surface area (Å²) in [5.41, 5.74) is 1.98. The first-order chi connectivity index (χ1) is 7.76. The molecule has 0 radical (unpaired) electrons. The molecule has 1 aromatic carbocycles. The average Bonchev–Trinajstić information content (AvgIpc) is 2.85. The third-order valence-corrected chi connectivity index (χ3v) is 3.79. The molecule has 1 N–H and O–H groups in total. The molecule has 2 heteroatoms. The van der Waals surface area contributed by atoms with Gasteiger partial charge in [0, 0.05) is 6.54 Å². The number of hydrogen-bond acceptors (Lipinski definition) is 2. The third kappa shape index (κ3) is 2.00. The fraction of sp³-hybridized carbons (Fsp3) is 0.571. The molecular formula is C14H19NO. The number of benzene rings is 1. The summed E-state index contributed by atoms with van der Waals surface area (Å²) in [4.78, 5) is 2.50. The highest BCUT2D eigenvalue weighted by molar-refractivity contribution is 5.31. The minimum absolute atomic E-state index is 0.485. The van der Waals surface area contributed by atoms with Crippen LogP contribution in [-0.2, 0) is 12.1 Å². The summed E-state index contributed by atoms with van der Waals surface area (Å²) in [6, 6.07) is 8.50. The standard InChI is InChI=1S/C14H19NO/c16-14(6-7-14)13-5-3-4-12(10-13)11-15-8-1-2-9-15/h3-5,10,16H,1-2,6-9,11H2. The second kappa shape index (κ2) is 3.86. The van der Waals surface area contributed by atoms with E-state index in [2.05, 4.69) is 29.2 Å². The molecule has 0 unspecified atom stereocenters. The number of rotatable bonds is 3. The van der Waals surface area contributed by atoms with E-state index in [0.29, 0.717) is 0 Å². The van der Waals surface area contributed by atoms with Crippen molar-refractivity contribution in [1.29, 1.82) is 0 Å². The maximum Gasteiger partial charge on any atom is 0.0899 e. The van der Waals surface area contributed by atoms with Gasteiger partial charge >= 0.3 is 0 Å². The first-order valence-corrected chi connectivity index (χ1v) is 6.30. The van der Waals surface area contributed by atoms with Gasteiger partial charge in [-0.05, 0) is 49.9 Å². The fourth-order valence-electron chi connectivity index (χ4n) is 2.57. The Balaban J connectivity index is 1.74. The first-order valence-electron chi connectivity index (χ1n) is 6.30. The van der Waals surface area contributed by atoms with E-state index in [4.69, 9.17) is 0 Å². The molecule has 2 nitrogen and oxygen atoms in total. The van der Waals surface area contributed by atoms with Crippen molar-refractivity contribution in [3.63, 3.8) is 0 Å². The van der Waals surface area contributed by atoms with E-state index in [0.717, 1.165) is 24.9 Å². The van der Waals surface area contributed by atoms with Gasteiger partial charge in [0.25, 0.3) is 0 Å². The van der Waals surface area contributed by atoms with Crippen LogP contribution in [0, 0.1) is 0 Å². The maximum absolute atomic E-state index is 10.1. The monoisotopic (exact) mass is 217 g/mol. The fourth-order valence-corrected chi connectivity index (χ4v) is 2.57. The van der Waals surface area contributed by atoms with E-state index in [1.807, 2.05) is 0 Å². The van der Waals surface area contributed by atoms with E-state index in [1.165, 1.54) is 31.5 Å². The average molecular weight is 217 g/mol. The van der Waals surface area contributed by atoms with Crippen LogP contribution in [0.3, 0.4) is 0 Å². The Morgan fingerprint density at radius 3 is 2.62 bits per heavy atom. The quantitative estimate of drug-likeness (QED) is 0.839. The summed E-state index contributed by atoms with van der Waals surface area (Å²) < 4.78 is 0. The molecule has 1 saturated heterocycles. The van der Waals surface area contributed by atoms with Gasteiger partial charge in [0.1, 0.15) is 0 Å². The second-order valence-corrected chi connectivity index (χ2v) is 5.22. The van der Waals surface area contributed by atoms with Gasteiger partial charge in [0.15, 0.2) is 0 Å². The highest BCUT2D eigenvalue weighted by Gasteiger charge is 2.42. The molecule has 0 atom stereocenters. The van der Waals surface area contributed by atoms with E-state index in [9.17, 15) is 5.11 Å². The Hall–Kier alpha value is -0.860. The zero-order chi connectivity index (χ0) is 11.0. The molecule has 0 spiro atoms. The van der Waals surface area contributed by atoms with Crippen LogP contribution in [0.1, 0.15) is 36.8 Å². The van der Waals surface area contributed by atoms with Crippen LogP contribution in [0.15, 0.2) is 24.3 Å². The van der Waals surface area contributed by atoms with Crippen LogP contribution >= 0.6 is 0 Å². The van der Waals surface area contributed by atoms with Gasteiger partial charge in [-0.3, -0.25) is 4.90 Å². The summed E-state index contributed by atoms with van der Waals surface area (Å²) in [7, 11) is 0. The predicted octanol–water partition coefficient (Wildman–Crippen LogP) is 2.26. The zero-order valence-electron chi connectivity index (χ0n) is 9.65. The van der Waals surface area contributed by atoms with Gasteiger partial charge in [-0.25, -0.2) is 0 Å².